The average molecular weight is 1000 g/mol. The number of nitrogens with two attached hydrogens (primary N) is 1. The van der Waals surface area contributed by atoms with Gasteiger partial charge in [0, 0.05) is 19.0 Å². The van der Waals surface area contributed by atoms with Crippen LogP contribution >= 0.6 is 15.6 Å². The van der Waals surface area contributed by atoms with E-state index in [2.05, 4.69) is 59.6 Å². The number of anilines is 1. The molecule has 0 bridgehead atoms. The monoisotopic (exact) mass is 1000 g/mol. The molecule has 388 valence electrons. The summed E-state index contributed by atoms with van der Waals surface area (Å²) in [6.45, 7) is 2.07. The van der Waals surface area contributed by atoms with Crippen molar-refractivity contribution < 1.29 is 66.3 Å². The topological polar surface area (TPSA) is 265 Å². The van der Waals surface area contributed by atoms with E-state index in [9.17, 15) is 43.5 Å². The number of unbranched alkanes of at least 4 members (excludes halogenated alkanes) is 16. The molecular weight excluding hydrogens is 920 g/mol. The Bertz CT molecular complexity index is 1820. The second kappa shape index (κ2) is 36.6. The third kappa shape index (κ3) is 29.0. The van der Waals surface area contributed by atoms with Crippen molar-refractivity contribution in [3.8, 4) is 0 Å². The van der Waals surface area contributed by atoms with Crippen LogP contribution in [0.2, 0.25) is 0 Å². The molecule has 0 aliphatic carbocycles. The predicted octanol–water partition coefficient (Wildman–Crippen LogP) is 9.78. The Morgan fingerprint density at radius 3 is 1.78 bits per heavy atom. The van der Waals surface area contributed by atoms with E-state index in [-0.39, 0.29) is 18.7 Å². The van der Waals surface area contributed by atoms with Crippen molar-refractivity contribution in [3.05, 3.63) is 71.4 Å². The van der Waals surface area contributed by atoms with E-state index in [0.29, 0.717) is 19.3 Å². The maximum absolute atomic E-state index is 12.8. The van der Waals surface area contributed by atoms with Gasteiger partial charge in [-0.25, -0.2) is 13.9 Å². The molecule has 0 saturated carbocycles. The van der Waals surface area contributed by atoms with Gasteiger partial charge in [-0.15, -0.1) is 0 Å². The molecule has 1 aliphatic heterocycles. The van der Waals surface area contributed by atoms with Crippen molar-refractivity contribution in [2.45, 2.75) is 199 Å². The molecule has 20 heteroatoms. The number of allylic oxidation sites excluding steroid dienone is 8. The van der Waals surface area contributed by atoms with E-state index in [1.54, 1.807) is 0 Å². The fourth-order valence-electron chi connectivity index (χ4n) is 7.07. The van der Waals surface area contributed by atoms with Crippen LogP contribution in [0.15, 0.2) is 65.7 Å². The van der Waals surface area contributed by atoms with Gasteiger partial charge in [-0.3, -0.25) is 23.2 Å². The second-order valence-corrected chi connectivity index (χ2v) is 20.0. The third-order valence-electron chi connectivity index (χ3n) is 10.9. The zero-order chi connectivity index (χ0) is 49.9. The number of rotatable bonds is 40. The first-order valence-corrected chi connectivity index (χ1v) is 27.6. The minimum Gasteiger partial charge on any atom is -0.462 e. The quantitative estimate of drug-likeness (QED) is 0.0177. The van der Waals surface area contributed by atoms with Gasteiger partial charge in [-0.1, -0.05) is 152 Å². The zero-order valence-electron chi connectivity index (χ0n) is 40.4. The summed E-state index contributed by atoms with van der Waals surface area (Å²) in [5.41, 5.74) is 4.58. The smallest absolute Gasteiger partial charge is 0.462 e. The van der Waals surface area contributed by atoms with Crippen LogP contribution in [0.4, 0.5) is 5.82 Å². The van der Waals surface area contributed by atoms with Crippen molar-refractivity contribution in [3.63, 3.8) is 0 Å². The Morgan fingerprint density at radius 1 is 0.706 bits per heavy atom. The Kier molecular flexibility index (Phi) is 32.8. The summed E-state index contributed by atoms with van der Waals surface area (Å²) in [5.74, 6) is -1.36. The first-order valence-electron chi connectivity index (χ1n) is 24.6. The molecular formula is C48H81N3O15P2. The first kappa shape index (κ1) is 60.8. The number of carbonyl (C=O) groups is 2. The van der Waals surface area contributed by atoms with Crippen molar-refractivity contribution in [2.24, 2.45) is 0 Å². The molecule has 7 atom stereocenters. The summed E-state index contributed by atoms with van der Waals surface area (Å²) >= 11 is 0. The summed E-state index contributed by atoms with van der Waals surface area (Å²) in [5, 5.41) is 20.9. The minimum absolute atomic E-state index is 0.0253. The molecule has 1 saturated heterocycles. The van der Waals surface area contributed by atoms with Crippen molar-refractivity contribution >= 4 is 33.4 Å². The number of phosphoric ester groups is 2. The summed E-state index contributed by atoms with van der Waals surface area (Å²) in [4.78, 5) is 61.8. The van der Waals surface area contributed by atoms with Gasteiger partial charge in [-0.05, 0) is 57.4 Å². The van der Waals surface area contributed by atoms with Gasteiger partial charge in [0.25, 0.3) is 0 Å². The maximum Gasteiger partial charge on any atom is 0.481 e. The Balaban J connectivity index is 1.84. The molecule has 1 aromatic heterocycles. The highest BCUT2D eigenvalue weighted by Gasteiger charge is 2.46. The number of aromatic nitrogens is 2. The normalized spacial score (nSPS) is 19.9. The number of aliphatic hydroxyl groups excluding tert-OH is 2. The van der Waals surface area contributed by atoms with Crippen LogP contribution < -0.4 is 11.4 Å². The fraction of sp³-hybridized carbons (Fsp3) is 0.708. The molecule has 0 radical (unpaired) electrons. The van der Waals surface area contributed by atoms with Crippen LogP contribution in [-0.4, -0.2) is 85.7 Å². The minimum atomic E-state index is -5.43. The molecule has 68 heavy (non-hydrogen) atoms. The third-order valence-corrected chi connectivity index (χ3v) is 13.5. The van der Waals surface area contributed by atoms with Gasteiger partial charge in [0.15, 0.2) is 12.3 Å². The number of esters is 2. The van der Waals surface area contributed by atoms with E-state index in [0.717, 1.165) is 62.1 Å². The number of carbonyl (C=O) groups excluding carboxylic acids is 2. The highest BCUT2D eigenvalue weighted by molar-refractivity contribution is 7.61. The highest BCUT2D eigenvalue weighted by Crippen LogP contribution is 2.60. The molecule has 7 unspecified atom stereocenters. The van der Waals surface area contributed by atoms with E-state index in [1.807, 2.05) is 12.2 Å². The standard InChI is InChI=1S/C48H81N3O15P2/c1-3-5-7-9-11-13-15-17-18-19-20-22-24-26-28-30-32-34-44(53)64-40(37-61-43(52)33-31-29-27-25-23-21-16-14-12-10-8-6-4-2)38-62-67(57,58)66-68(59,60)63-39-41-45(54)46(55)47(65-41)51-36-35-42(49)50-48(51)56/h11,13,17-18,20,22,26,28,35-36,40-41,45-47,54-55H,3-10,12,14-16,19,21,23-25,27,29-34,37-39H2,1-2H3,(H,57,58)(H,59,60)(H2,49,50,56). The number of ether oxygens (including phenoxy) is 3. The molecule has 6 N–H and O–H groups in total. The predicted molar refractivity (Wildman–Crippen MR) is 261 cm³/mol. The number of nitrogen functional groups attached to an aromatic ring is 1. The van der Waals surface area contributed by atoms with Crippen LogP contribution in [0, 0.1) is 0 Å². The first-order chi connectivity index (χ1) is 32.7. The van der Waals surface area contributed by atoms with Gasteiger partial charge in [0.05, 0.1) is 13.2 Å². The lowest BCUT2D eigenvalue weighted by atomic mass is 10.0. The molecule has 1 aliphatic rings. The number of hydrogen-bond donors (Lipinski definition) is 5. The van der Waals surface area contributed by atoms with Crippen LogP contribution in [0.25, 0.3) is 0 Å². The number of nitrogens with zero attached hydrogens (tertiary/aromatic N) is 2. The van der Waals surface area contributed by atoms with Gasteiger partial charge < -0.3 is 39.9 Å². The lowest BCUT2D eigenvalue weighted by molar-refractivity contribution is -0.161. The number of aliphatic hydroxyl groups is 2. The second-order valence-electron chi connectivity index (χ2n) is 17.0. The summed E-state index contributed by atoms with van der Waals surface area (Å²) in [6.07, 6.45) is 33.5. The van der Waals surface area contributed by atoms with Crippen molar-refractivity contribution in [1.29, 1.82) is 0 Å². The van der Waals surface area contributed by atoms with Gasteiger partial charge in [0.1, 0.15) is 30.7 Å². The van der Waals surface area contributed by atoms with Crippen molar-refractivity contribution in [2.75, 3.05) is 25.6 Å². The fourth-order valence-corrected chi connectivity index (χ4v) is 9.18. The number of hydrogen-bond acceptors (Lipinski definition) is 15. The lowest BCUT2D eigenvalue weighted by Gasteiger charge is -2.21. The molecule has 1 aromatic rings. The number of phosphoric acid groups is 2. The highest BCUT2D eigenvalue weighted by atomic mass is 31.3. The SMILES string of the molecule is CCCCCC=CCC=CCC=CCC=CCCCC(=O)OC(COC(=O)CCCCCCCCCCCCCCC)COP(=O)(O)OP(=O)(O)OCC1OC(n2ccc(N)nc2=O)C(O)C1O. The molecule has 2 heterocycles. The Labute approximate surface area is 403 Å². The Hall–Kier alpha value is -3.28. The largest absolute Gasteiger partial charge is 0.481 e. The maximum atomic E-state index is 12.8. The van der Waals surface area contributed by atoms with E-state index in [4.69, 9.17) is 29.0 Å². The lowest BCUT2D eigenvalue weighted by Crippen LogP contribution is -2.36. The summed E-state index contributed by atoms with van der Waals surface area (Å²) in [7, 11) is -10.9. The van der Waals surface area contributed by atoms with Crippen LogP contribution in [0.5, 0.6) is 0 Å². The van der Waals surface area contributed by atoms with Gasteiger partial charge in [0.2, 0.25) is 0 Å². The molecule has 2 rings (SSSR count). The van der Waals surface area contributed by atoms with E-state index in [1.165, 1.54) is 76.7 Å². The average Bonchev–Trinajstić information content (AvgIpc) is 3.57. The summed E-state index contributed by atoms with van der Waals surface area (Å²) in [6, 6.07) is 1.24. The Morgan fingerprint density at radius 2 is 1.21 bits per heavy atom. The molecule has 0 aromatic carbocycles. The summed E-state index contributed by atoms with van der Waals surface area (Å²) < 4.78 is 56.6. The van der Waals surface area contributed by atoms with Crippen LogP contribution in [0.3, 0.4) is 0 Å². The van der Waals surface area contributed by atoms with E-state index >= 15 is 0 Å². The van der Waals surface area contributed by atoms with Crippen molar-refractivity contribution in [1.82, 2.24) is 9.55 Å². The van der Waals surface area contributed by atoms with Gasteiger partial charge in [-0.2, -0.15) is 9.29 Å². The molecule has 18 nitrogen and oxygen atoms in total. The van der Waals surface area contributed by atoms with Crippen LogP contribution in [0.1, 0.15) is 174 Å². The zero-order valence-corrected chi connectivity index (χ0v) is 42.2. The van der Waals surface area contributed by atoms with Gasteiger partial charge >= 0.3 is 33.3 Å². The molecule has 0 amide bonds. The molecule has 1 fully saturated rings. The molecule has 0 spiro atoms. The van der Waals surface area contributed by atoms with Crippen LogP contribution in [-0.2, 0) is 46.3 Å². The van der Waals surface area contributed by atoms with E-state index < -0.39 is 83.7 Å².